The van der Waals surface area contributed by atoms with Gasteiger partial charge in [0.1, 0.15) is 48.0 Å². The molecule has 1 aliphatic heterocycles. The van der Waals surface area contributed by atoms with Crippen LogP contribution in [0.1, 0.15) is 78.5 Å². The van der Waals surface area contributed by atoms with Gasteiger partial charge < -0.3 is 79.4 Å². The second kappa shape index (κ2) is 30.2. The van der Waals surface area contributed by atoms with Crippen molar-refractivity contribution in [2.45, 2.75) is 122 Å². The van der Waals surface area contributed by atoms with E-state index in [9.17, 15) is 48.6 Å². The summed E-state index contributed by atoms with van der Waals surface area (Å²) in [6.45, 7) is 9.35. The van der Waals surface area contributed by atoms with E-state index >= 15 is 0 Å². The maximum Gasteiger partial charge on any atom is 0.325 e. The first-order valence-electron chi connectivity index (χ1n) is 22.4. The summed E-state index contributed by atoms with van der Waals surface area (Å²) < 4.78 is 0. The standard InChI is InChI=1S/C42H65N13O10.C2H4O2.H2O/c1-22(2)33(53-35(58)28(50-32(57)20-45-6)9-7-15-47-42(43)44)38(61)51-29(17-25-11-13-27(56)14-12-25)36(59)54-34(23(3)4)39(62)52-30(18-26-19-46-21-48-26)40(63)55-16-8-10-31(55)37(60)49-24(5)41(64)65;1-2(3)4;/h11-14,19,21-24,28-31,33-34,45,56H,7-10,15-18,20H2,1-6H3,(H,46,48)(H,49,60)(H,50,57)(H,51,61)(H,52,62)(H,53,58)(H,54,59)(H,64,65)(H4,43,44,47);1H3,(H,3,4);1H2. The molecule has 70 heavy (non-hydrogen) atoms. The van der Waals surface area contributed by atoms with Crippen LogP contribution in [0.2, 0.25) is 0 Å². The minimum Gasteiger partial charge on any atom is -0.508 e. The number of carboxylic acids is 2. The number of benzene rings is 1. The molecule has 0 radical (unpaired) electrons. The average Bonchev–Trinajstić information content (AvgIpc) is 3.98. The topological polar surface area (TPSA) is 426 Å². The summed E-state index contributed by atoms with van der Waals surface area (Å²) in [5, 5.41) is 45.4. The van der Waals surface area contributed by atoms with E-state index in [4.69, 9.17) is 21.4 Å². The Kier molecular flexibility index (Phi) is 26.2. The number of hydrogen-bond donors (Lipinski definition) is 13. The molecular weight excluding hydrogens is 919 g/mol. The lowest BCUT2D eigenvalue weighted by atomic mass is 9.98. The molecule has 2 aromatic rings. The molecule has 0 saturated carbocycles. The largest absolute Gasteiger partial charge is 0.508 e. The lowest BCUT2D eigenvalue weighted by Crippen LogP contribution is -2.61. The molecule has 26 heteroatoms. The third-order valence-corrected chi connectivity index (χ3v) is 10.6. The monoisotopic (exact) mass is 990 g/mol. The molecule has 26 nitrogen and oxygen atoms in total. The van der Waals surface area contributed by atoms with Gasteiger partial charge in [0, 0.05) is 44.7 Å². The number of carboxylic acid groups (broad SMARTS) is 2. The van der Waals surface area contributed by atoms with Crippen molar-refractivity contribution in [1.29, 1.82) is 0 Å². The minimum atomic E-state index is -1.34. The van der Waals surface area contributed by atoms with Crippen molar-refractivity contribution < 1.29 is 63.9 Å². The molecule has 17 N–H and O–H groups in total. The lowest BCUT2D eigenvalue weighted by molar-refractivity contribution is -0.144. The third kappa shape index (κ3) is 20.9. The van der Waals surface area contributed by atoms with Crippen LogP contribution in [0, 0.1) is 11.8 Å². The number of rotatable bonds is 25. The fraction of sp³-hybridized carbons (Fsp3) is 0.568. The van der Waals surface area contributed by atoms with Crippen molar-refractivity contribution >= 4 is 59.2 Å². The molecule has 0 spiro atoms. The van der Waals surface area contributed by atoms with Crippen molar-refractivity contribution in [3.63, 3.8) is 0 Å². The van der Waals surface area contributed by atoms with E-state index in [1.165, 1.54) is 36.5 Å². The molecule has 390 valence electrons. The molecule has 7 unspecified atom stereocenters. The molecule has 0 aliphatic carbocycles. The number of carbonyl (C=O) groups excluding carboxylic acids is 7. The fourth-order valence-corrected chi connectivity index (χ4v) is 7.05. The minimum absolute atomic E-state index is 0. The molecule has 1 saturated heterocycles. The SMILES string of the molecule is CC(=O)O.CNCC(=O)NC(CCCN=C(N)N)C(=O)NC(C(=O)NC(Cc1ccc(O)cc1)C(=O)NC(C(=O)NC(Cc1cnc[nH]1)C(=O)N1CCCC1C(=O)NC(C)C(=O)O)C(C)C)C(C)C.O. The van der Waals surface area contributed by atoms with Gasteiger partial charge in [0.05, 0.1) is 12.9 Å². The average molecular weight is 990 g/mol. The quantitative estimate of drug-likeness (QED) is 0.0264. The van der Waals surface area contributed by atoms with E-state index in [0.717, 1.165) is 6.92 Å². The number of aromatic amines is 1. The zero-order valence-corrected chi connectivity index (χ0v) is 40.5. The Morgan fingerprint density at radius 1 is 0.800 bits per heavy atom. The summed E-state index contributed by atoms with van der Waals surface area (Å²) in [4.78, 5) is 129. The van der Waals surface area contributed by atoms with E-state index < -0.39 is 107 Å². The summed E-state index contributed by atoms with van der Waals surface area (Å²) in [5.74, 6) is -8.03. The van der Waals surface area contributed by atoms with Gasteiger partial charge in [-0.15, -0.1) is 0 Å². The van der Waals surface area contributed by atoms with Crippen molar-refractivity contribution in [1.82, 2.24) is 52.1 Å². The van der Waals surface area contributed by atoms with E-state index in [2.05, 4.69) is 52.2 Å². The normalized spacial score (nSPS) is 15.4. The number of H-pyrrole nitrogens is 1. The summed E-state index contributed by atoms with van der Waals surface area (Å²) >= 11 is 0. The second-order valence-electron chi connectivity index (χ2n) is 17.1. The van der Waals surface area contributed by atoms with Crippen LogP contribution in [0.5, 0.6) is 5.75 Å². The number of aromatic nitrogens is 2. The Labute approximate surface area is 405 Å². The van der Waals surface area contributed by atoms with Gasteiger partial charge in [-0.1, -0.05) is 39.8 Å². The highest BCUT2D eigenvalue weighted by atomic mass is 16.4. The number of aliphatic imine (C=N–C) groups is 1. The molecule has 7 atom stereocenters. The number of amides is 7. The molecule has 7 amide bonds. The van der Waals surface area contributed by atoms with Crippen molar-refractivity contribution in [2.24, 2.45) is 28.3 Å². The highest BCUT2D eigenvalue weighted by Gasteiger charge is 2.40. The Balaban J connectivity index is 0.00000471. The predicted molar refractivity (Wildman–Crippen MR) is 254 cm³/mol. The Hall–Kier alpha value is -7.35. The third-order valence-electron chi connectivity index (χ3n) is 10.6. The molecule has 0 bridgehead atoms. The highest BCUT2D eigenvalue weighted by Crippen LogP contribution is 2.21. The van der Waals surface area contributed by atoms with Gasteiger partial charge in [-0.2, -0.15) is 0 Å². The first kappa shape index (κ1) is 60.7. The van der Waals surface area contributed by atoms with Gasteiger partial charge in [0.2, 0.25) is 41.4 Å². The van der Waals surface area contributed by atoms with Gasteiger partial charge in [0.25, 0.3) is 5.97 Å². The molecule has 1 fully saturated rings. The fourth-order valence-electron chi connectivity index (χ4n) is 7.05. The molecule has 1 aliphatic rings. The Morgan fingerprint density at radius 2 is 1.36 bits per heavy atom. The smallest absolute Gasteiger partial charge is 0.325 e. The molecule has 1 aromatic heterocycles. The van der Waals surface area contributed by atoms with Gasteiger partial charge in [-0.3, -0.25) is 48.1 Å². The van der Waals surface area contributed by atoms with Crippen LogP contribution in [-0.4, -0.2) is 164 Å². The summed E-state index contributed by atoms with van der Waals surface area (Å²) in [7, 11) is 1.57. The van der Waals surface area contributed by atoms with Crippen molar-refractivity contribution in [3.05, 3.63) is 48.0 Å². The van der Waals surface area contributed by atoms with Crippen molar-refractivity contribution in [2.75, 3.05) is 26.7 Å². The first-order chi connectivity index (χ1) is 32.4. The van der Waals surface area contributed by atoms with Crippen LogP contribution in [-0.2, 0) is 56.0 Å². The number of nitrogens with zero attached hydrogens (tertiary/aromatic N) is 3. The first-order valence-corrected chi connectivity index (χ1v) is 22.4. The van der Waals surface area contributed by atoms with Crippen molar-refractivity contribution in [3.8, 4) is 5.75 Å². The summed E-state index contributed by atoms with van der Waals surface area (Å²) in [6.07, 6.45) is 3.84. The maximum absolute atomic E-state index is 14.3. The number of phenols is 1. The van der Waals surface area contributed by atoms with Crippen LogP contribution in [0.15, 0.2) is 41.8 Å². The highest BCUT2D eigenvalue weighted by molar-refractivity contribution is 5.98. The number of phenolic OH excluding ortho intramolecular Hbond substituents is 1. The number of likely N-dealkylation sites (N-methyl/N-ethyl adjacent to an activating group) is 1. The molecule has 3 rings (SSSR count). The van der Waals surface area contributed by atoms with E-state index in [1.54, 1.807) is 46.9 Å². The molecule has 2 heterocycles. The summed E-state index contributed by atoms with van der Waals surface area (Å²) in [6, 6.07) is -2.43. The maximum atomic E-state index is 14.3. The predicted octanol–water partition coefficient (Wildman–Crippen LogP) is -3.24. The van der Waals surface area contributed by atoms with Gasteiger partial charge in [-0.25, -0.2) is 4.98 Å². The van der Waals surface area contributed by atoms with E-state index in [0.29, 0.717) is 24.1 Å². The number of aliphatic carboxylic acids is 2. The number of guanidine groups is 1. The van der Waals surface area contributed by atoms with Gasteiger partial charge >= 0.3 is 5.97 Å². The lowest BCUT2D eigenvalue weighted by Gasteiger charge is -2.31. The van der Waals surface area contributed by atoms with Crippen LogP contribution >= 0.6 is 0 Å². The van der Waals surface area contributed by atoms with Gasteiger partial charge in [-0.05, 0) is 69.2 Å². The van der Waals surface area contributed by atoms with Crippen LogP contribution < -0.4 is 48.7 Å². The number of nitrogens with two attached hydrogens (primary N) is 2. The number of aromatic hydroxyl groups is 1. The van der Waals surface area contributed by atoms with Gasteiger partial charge in [0.15, 0.2) is 5.96 Å². The number of likely N-dealkylation sites (tertiary alicyclic amines) is 1. The van der Waals surface area contributed by atoms with Crippen LogP contribution in [0.4, 0.5) is 0 Å². The summed E-state index contributed by atoms with van der Waals surface area (Å²) in [5.41, 5.74) is 11.9. The van der Waals surface area contributed by atoms with Crippen LogP contribution in [0.25, 0.3) is 0 Å². The number of hydrogen-bond acceptors (Lipinski definition) is 13. The Morgan fingerprint density at radius 3 is 1.86 bits per heavy atom. The number of imidazole rings is 1. The second-order valence-corrected chi connectivity index (χ2v) is 17.1. The van der Waals surface area contributed by atoms with E-state index in [1.807, 2.05) is 0 Å². The molecular formula is C44H71N13O13. The zero-order chi connectivity index (χ0) is 52.0. The molecule has 1 aromatic carbocycles. The zero-order valence-electron chi connectivity index (χ0n) is 40.5. The van der Waals surface area contributed by atoms with E-state index in [-0.39, 0.29) is 62.5 Å². The number of carbonyl (C=O) groups is 9. The number of nitrogens with one attached hydrogen (secondary N) is 8. The van der Waals surface area contributed by atoms with Crippen LogP contribution in [0.3, 0.4) is 0 Å². The Bertz CT molecular complexity index is 2080.